The maximum Gasteiger partial charge on any atom is 0.338 e. The van der Waals surface area contributed by atoms with Crippen LogP contribution in [0, 0.1) is 0 Å². The second-order valence-corrected chi connectivity index (χ2v) is 3.26. The summed E-state index contributed by atoms with van der Waals surface area (Å²) in [4.78, 5) is 18.3. The van der Waals surface area contributed by atoms with Gasteiger partial charge in [0.25, 0.3) is 0 Å². The van der Waals surface area contributed by atoms with E-state index in [-0.39, 0.29) is 5.56 Å². The molecule has 13 heavy (non-hydrogen) atoms. The third kappa shape index (κ3) is 1.38. The van der Waals surface area contributed by atoms with Crippen LogP contribution in [0.1, 0.15) is 29.0 Å². The highest BCUT2D eigenvalue weighted by molar-refractivity contribution is 5.86. The molecule has 0 saturated heterocycles. The first kappa shape index (κ1) is 8.12. The van der Waals surface area contributed by atoms with Crippen molar-refractivity contribution in [3.63, 3.8) is 0 Å². The number of hydrogen-bond acceptors (Lipinski definition) is 4. The van der Waals surface area contributed by atoms with Crippen molar-refractivity contribution in [1.82, 2.24) is 9.97 Å². The second kappa shape index (κ2) is 2.50. The van der Waals surface area contributed by atoms with Crippen LogP contribution in [-0.4, -0.2) is 21.0 Å². The Morgan fingerprint density at radius 3 is 2.38 bits per heavy atom. The van der Waals surface area contributed by atoms with Crippen LogP contribution < -0.4 is 5.73 Å². The lowest BCUT2D eigenvalue weighted by Crippen LogP contribution is -2.22. The Balaban J connectivity index is 2.28. The Bertz CT molecular complexity index is 343. The normalized spacial score (nSPS) is 18.2. The van der Waals surface area contributed by atoms with Crippen LogP contribution in [0.3, 0.4) is 0 Å². The van der Waals surface area contributed by atoms with Gasteiger partial charge in [-0.25, -0.2) is 14.8 Å². The summed E-state index contributed by atoms with van der Waals surface area (Å²) in [7, 11) is 0. The van der Waals surface area contributed by atoms with Crippen LogP contribution in [-0.2, 0) is 5.54 Å². The molecular formula is C8H9N3O2. The van der Waals surface area contributed by atoms with Crippen LogP contribution in [0.4, 0.5) is 0 Å². The molecule has 2 rings (SSSR count). The van der Waals surface area contributed by atoms with Gasteiger partial charge in [0.2, 0.25) is 0 Å². The number of aromatic nitrogens is 2. The van der Waals surface area contributed by atoms with Crippen LogP contribution in [0.5, 0.6) is 0 Å². The molecule has 1 fully saturated rings. The molecule has 0 aromatic carbocycles. The Hall–Kier alpha value is -1.49. The van der Waals surface area contributed by atoms with Gasteiger partial charge in [-0.2, -0.15) is 0 Å². The number of nitrogens with two attached hydrogens (primary N) is 1. The number of carbonyl (C=O) groups is 1. The third-order valence-electron chi connectivity index (χ3n) is 2.13. The van der Waals surface area contributed by atoms with Gasteiger partial charge in [-0.15, -0.1) is 0 Å². The lowest BCUT2D eigenvalue weighted by atomic mass is 10.2. The first-order valence-electron chi connectivity index (χ1n) is 3.96. The fourth-order valence-corrected chi connectivity index (χ4v) is 1.05. The molecule has 68 valence electrons. The number of carboxylic acids is 1. The smallest absolute Gasteiger partial charge is 0.338 e. The van der Waals surface area contributed by atoms with Crippen molar-refractivity contribution in [1.29, 1.82) is 0 Å². The molecule has 5 nitrogen and oxygen atoms in total. The zero-order valence-corrected chi connectivity index (χ0v) is 6.90. The molecule has 0 radical (unpaired) electrons. The quantitative estimate of drug-likeness (QED) is 0.673. The van der Waals surface area contributed by atoms with Crippen molar-refractivity contribution in [3.8, 4) is 0 Å². The monoisotopic (exact) mass is 179 g/mol. The van der Waals surface area contributed by atoms with Crippen molar-refractivity contribution in [2.45, 2.75) is 18.4 Å². The number of hydrogen-bond donors (Lipinski definition) is 2. The lowest BCUT2D eigenvalue weighted by molar-refractivity contribution is 0.0696. The van der Waals surface area contributed by atoms with Crippen molar-refractivity contribution >= 4 is 5.97 Å². The second-order valence-electron chi connectivity index (χ2n) is 3.26. The van der Waals surface area contributed by atoms with Crippen LogP contribution in [0.25, 0.3) is 0 Å². The first-order chi connectivity index (χ1) is 6.12. The first-order valence-corrected chi connectivity index (χ1v) is 3.96. The lowest BCUT2D eigenvalue weighted by Gasteiger charge is -2.05. The largest absolute Gasteiger partial charge is 0.478 e. The molecule has 3 N–H and O–H groups in total. The van der Waals surface area contributed by atoms with E-state index in [4.69, 9.17) is 10.8 Å². The maximum absolute atomic E-state index is 10.5. The van der Waals surface area contributed by atoms with Crippen LogP contribution >= 0.6 is 0 Å². The molecule has 0 spiro atoms. The van der Waals surface area contributed by atoms with Gasteiger partial charge in [-0.3, -0.25) is 0 Å². The summed E-state index contributed by atoms with van der Waals surface area (Å²) in [6, 6.07) is 0. The summed E-state index contributed by atoms with van der Waals surface area (Å²) < 4.78 is 0. The molecule has 1 aromatic rings. The van der Waals surface area contributed by atoms with Crippen molar-refractivity contribution in [2.24, 2.45) is 5.73 Å². The molecule has 0 aliphatic heterocycles. The minimum absolute atomic E-state index is 0.0907. The summed E-state index contributed by atoms with van der Waals surface area (Å²) in [5, 5.41) is 8.58. The Labute approximate surface area is 74.6 Å². The average Bonchev–Trinajstić information content (AvgIpc) is 2.85. The number of nitrogens with zero attached hydrogens (tertiary/aromatic N) is 2. The Kier molecular flexibility index (Phi) is 1.56. The summed E-state index contributed by atoms with van der Waals surface area (Å²) in [5.41, 5.74) is 5.52. The molecule has 1 aliphatic carbocycles. The van der Waals surface area contributed by atoms with Gasteiger partial charge >= 0.3 is 5.97 Å². The van der Waals surface area contributed by atoms with Crippen molar-refractivity contribution < 1.29 is 9.90 Å². The molecular weight excluding hydrogens is 170 g/mol. The third-order valence-corrected chi connectivity index (χ3v) is 2.13. The van der Waals surface area contributed by atoms with Gasteiger partial charge in [0.05, 0.1) is 11.1 Å². The summed E-state index contributed by atoms with van der Waals surface area (Å²) in [5.74, 6) is -0.481. The summed E-state index contributed by atoms with van der Waals surface area (Å²) in [6.45, 7) is 0. The van der Waals surface area contributed by atoms with E-state index in [0.29, 0.717) is 5.82 Å². The SMILES string of the molecule is NC1(c2ncc(C(=O)O)cn2)CC1. The van der Waals surface area contributed by atoms with E-state index in [1.54, 1.807) is 0 Å². The van der Waals surface area contributed by atoms with E-state index in [1.807, 2.05) is 0 Å². The highest BCUT2D eigenvalue weighted by atomic mass is 16.4. The van der Waals surface area contributed by atoms with E-state index in [0.717, 1.165) is 12.8 Å². The van der Waals surface area contributed by atoms with Gasteiger partial charge in [-0.05, 0) is 12.8 Å². The molecule has 1 aliphatic rings. The summed E-state index contributed by atoms with van der Waals surface area (Å²) in [6.07, 6.45) is 4.33. The van der Waals surface area contributed by atoms with E-state index in [9.17, 15) is 4.79 Å². The zero-order valence-electron chi connectivity index (χ0n) is 6.90. The van der Waals surface area contributed by atoms with E-state index in [2.05, 4.69) is 9.97 Å². The van der Waals surface area contributed by atoms with Gasteiger partial charge < -0.3 is 10.8 Å². The van der Waals surface area contributed by atoms with Crippen molar-refractivity contribution in [2.75, 3.05) is 0 Å². The number of aromatic carboxylic acids is 1. The summed E-state index contributed by atoms with van der Waals surface area (Å²) >= 11 is 0. The number of carboxylic acid groups (broad SMARTS) is 1. The molecule has 0 unspecified atom stereocenters. The molecule has 1 heterocycles. The standard InChI is InChI=1S/C8H9N3O2/c9-8(1-2-8)7-10-3-5(4-11-7)6(12)13/h3-4H,1-2,9H2,(H,12,13). The Morgan fingerprint density at radius 2 is 2.00 bits per heavy atom. The average molecular weight is 179 g/mol. The van der Waals surface area contributed by atoms with Crippen LogP contribution in [0.2, 0.25) is 0 Å². The van der Waals surface area contributed by atoms with E-state index >= 15 is 0 Å². The predicted molar refractivity (Wildman–Crippen MR) is 44.1 cm³/mol. The van der Waals surface area contributed by atoms with Gasteiger partial charge in [0.1, 0.15) is 5.82 Å². The number of rotatable bonds is 2. The molecule has 0 atom stereocenters. The fourth-order valence-electron chi connectivity index (χ4n) is 1.05. The minimum Gasteiger partial charge on any atom is -0.478 e. The predicted octanol–water partition coefficient (Wildman–Crippen LogP) is 0.123. The van der Waals surface area contributed by atoms with E-state index in [1.165, 1.54) is 12.4 Å². The Morgan fingerprint density at radius 1 is 1.46 bits per heavy atom. The molecule has 1 saturated carbocycles. The molecule has 0 bridgehead atoms. The zero-order chi connectivity index (χ0) is 9.47. The highest BCUT2D eigenvalue weighted by Crippen LogP contribution is 2.40. The van der Waals surface area contributed by atoms with Crippen molar-refractivity contribution in [3.05, 3.63) is 23.8 Å². The molecule has 5 heteroatoms. The topological polar surface area (TPSA) is 89.1 Å². The van der Waals surface area contributed by atoms with Gasteiger partial charge in [-0.1, -0.05) is 0 Å². The van der Waals surface area contributed by atoms with Gasteiger partial charge in [0.15, 0.2) is 0 Å². The fraction of sp³-hybridized carbons (Fsp3) is 0.375. The molecule has 1 aromatic heterocycles. The highest BCUT2D eigenvalue weighted by Gasteiger charge is 2.42. The maximum atomic E-state index is 10.5. The van der Waals surface area contributed by atoms with Crippen LogP contribution in [0.15, 0.2) is 12.4 Å². The van der Waals surface area contributed by atoms with Gasteiger partial charge in [0, 0.05) is 12.4 Å². The van der Waals surface area contributed by atoms with E-state index < -0.39 is 11.5 Å². The molecule has 0 amide bonds. The minimum atomic E-state index is -1.02.